The molecule has 0 aliphatic carbocycles. The lowest BCUT2D eigenvalue weighted by molar-refractivity contribution is 0.310. The Morgan fingerprint density at radius 3 is 2.83 bits per heavy atom. The SMILES string of the molecule is CC(C)(C)n1ncc2c(=O)[nH]c(NCCO)nc21. The van der Waals surface area contributed by atoms with Gasteiger partial charge in [0.2, 0.25) is 5.95 Å². The van der Waals surface area contributed by atoms with Gasteiger partial charge in [-0.05, 0) is 20.8 Å². The third-order valence-electron chi connectivity index (χ3n) is 2.48. The Kier molecular flexibility index (Phi) is 3.08. The smallest absolute Gasteiger partial charge is 0.263 e. The third-order valence-corrected chi connectivity index (χ3v) is 2.48. The van der Waals surface area contributed by atoms with Crippen LogP contribution < -0.4 is 10.9 Å². The van der Waals surface area contributed by atoms with Gasteiger partial charge in [-0.2, -0.15) is 10.1 Å². The summed E-state index contributed by atoms with van der Waals surface area (Å²) in [6, 6.07) is 0. The summed E-state index contributed by atoms with van der Waals surface area (Å²) in [5.74, 6) is 0.340. The van der Waals surface area contributed by atoms with Crippen molar-refractivity contribution in [1.29, 1.82) is 0 Å². The molecule has 0 saturated carbocycles. The van der Waals surface area contributed by atoms with E-state index in [0.717, 1.165) is 0 Å². The van der Waals surface area contributed by atoms with Crippen LogP contribution in [0.25, 0.3) is 11.0 Å². The number of fused-ring (bicyclic) bond motifs is 1. The number of hydrogen-bond donors (Lipinski definition) is 3. The first-order chi connectivity index (χ1) is 8.43. The molecule has 0 spiro atoms. The van der Waals surface area contributed by atoms with E-state index in [-0.39, 0.29) is 17.7 Å². The van der Waals surface area contributed by atoms with E-state index in [2.05, 4.69) is 20.4 Å². The molecule has 98 valence electrons. The molecule has 7 heteroatoms. The summed E-state index contributed by atoms with van der Waals surface area (Å²) in [5.41, 5.74) is 0.0409. The standard InChI is InChI=1S/C11H17N5O2/c1-11(2,3)16-8-7(6-13-16)9(18)15-10(14-8)12-4-5-17/h6,17H,4-5H2,1-3H3,(H2,12,14,15,18). The number of aliphatic hydroxyl groups excluding tert-OH is 1. The molecule has 0 aliphatic rings. The Morgan fingerprint density at radius 1 is 1.50 bits per heavy atom. The van der Waals surface area contributed by atoms with E-state index in [9.17, 15) is 4.79 Å². The van der Waals surface area contributed by atoms with Crippen LogP contribution in [0, 0.1) is 0 Å². The van der Waals surface area contributed by atoms with Crippen molar-refractivity contribution in [3.8, 4) is 0 Å². The van der Waals surface area contributed by atoms with Crippen LogP contribution >= 0.6 is 0 Å². The van der Waals surface area contributed by atoms with E-state index < -0.39 is 0 Å². The van der Waals surface area contributed by atoms with Crippen molar-refractivity contribution in [3.63, 3.8) is 0 Å². The highest BCUT2D eigenvalue weighted by Gasteiger charge is 2.19. The Hall–Kier alpha value is -1.89. The molecule has 2 heterocycles. The van der Waals surface area contributed by atoms with Crippen molar-refractivity contribution in [2.45, 2.75) is 26.3 Å². The maximum atomic E-state index is 11.9. The zero-order chi connectivity index (χ0) is 13.3. The molecule has 0 radical (unpaired) electrons. The number of rotatable bonds is 3. The predicted octanol–water partition coefficient (Wildman–Crippen LogP) is 0.279. The number of nitrogens with one attached hydrogen (secondary N) is 2. The van der Waals surface area contributed by atoms with Gasteiger partial charge < -0.3 is 10.4 Å². The monoisotopic (exact) mass is 251 g/mol. The van der Waals surface area contributed by atoms with Crippen LogP contribution in [-0.4, -0.2) is 38.0 Å². The fourth-order valence-electron chi connectivity index (χ4n) is 1.67. The minimum absolute atomic E-state index is 0.0275. The molecule has 3 N–H and O–H groups in total. The van der Waals surface area contributed by atoms with E-state index in [0.29, 0.717) is 23.5 Å². The summed E-state index contributed by atoms with van der Waals surface area (Å²) < 4.78 is 1.71. The molecule has 0 bridgehead atoms. The van der Waals surface area contributed by atoms with Crippen LogP contribution in [0.3, 0.4) is 0 Å². The number of aliphatic hydroxyl groups is 1. The number of hydrogen-bond acceptors (Lipinski definition) is 5. The van der Waals surface area contributed by atoms with Crippen LogP contribution in [0.5, 0.6) is 0 Å². The van der Waals surface area contributed by atoms with Crippen molar-refractivity contribution in [2.75, 3.05) is 18.5 Å². The lowest BCUT2D eigenvalue weighted by atomic mass is 10.1. The van der Waals surface area contributed by atoms with E-state index in [1.807, 2.05) is 20.8 Å². The summed E-state index contributed by atoms with van der Waals surface area (Å²) in [4.78, 5) is 18.8. The van der Waals surface area contributed by atoms with Crippen LogP contribution in [0.15, 0.2) is 11.0 Å². The number of aromatic nitrogens is 4. The minimum Gasteiger partial charge on any atom is -0.395 e. The Balaban J connectivity index is 2.58. The van der Waals surface area contributed by atoms with Gasteiger partial charge in [-0.25, -0.2) is 4.68 Å². The van der Waals surface area contributed by atoms with Crippen molar-refractivity contribution in [3.05, 3.63) is 16.6 Å². The third kappa shape index (κ3) is 2.21. The summed E-state index contributed by atoms with van der Waals surface area (Å²) in [6.07, 6.45) is 1.52. The number of nitrogens with zero attached hydrogens (tertiary/aromatic N) is 3. The fraction of sp³-hybridized carbons (Fsp3) is 0.545. The van der Waals surface area contributed by atoms with Gasteiger partial charge in [0.15, 0.2) is 5.65 Å². The number of H-pyrrole nitrogens is 1. The van der Waals surface area contributed by atoms with Crippen LogP contribution in [0.2, 0.25) is 0 Å². The molecular formula is C11H17N5O2. The summed E-state index contributed by atoms with van der Waals surface area (Å²) in [5, 5.41) is 16.3. The van der Waals surface area contributed by atoms with Gasteiger partial charge in [0.05, 0.1) is 18.3 Å². The average molecular weight is 251 g/mol. The highest BCUT2D eigenvalue weighted by molar-refractivity contribution is 5.74. The second-order valence-electron chi connectivity index (χ2n) is 5.03. The van der Waals surface area contributed by atoms with Gasteiger partial charge in [-0.1, -0.05) is 0 Å². The molecule has 2 rings (SSSR count). The fourth-order valence-corrected chi connectivity index (χ4v) is 1.67. The van der Waals surface area contributed by atoms with Crippen molar-refractivity contribution >= 4 is 17.0 Å². The van der Waals surface area contributed by atoms with Gasteiger partial charge in [0.1, 0.15) is 5.39 Å². The Labute approximate surface area is 104 Å². The summed E-state index contributed by atoms with van der Waals surface area (Å²) >= 11 is 0. The first-order valence-electron chi connectivity index (χ1n) is 5.77. The highest BCUT2D eigenvalue weighted by atomic mass is 16.3. The molecule has 0 atom stereocenters. The van der Waals surface area contributed by atoms with Crippen LogP contribution in [-0.2, 0) is 5.54 Å². The van der Waals surface area contributed by atoms with Gasteiger partial charge in [0, 0.05) is 6.54 Å². The van der Waals surface area contributed by atoms with Crippen molar-refractivity contribution < 1.29 is 5.11 Å². The highest BCUT2D eigenvalue weighted by Crippen LogP contribution is 2.18. The number of aromatic amines is 1. The van der Waals surface area contributed by atoms with E-state index in [1.54, 1.807) is 4.68 Å². The summed E-state index contributed by atoms with van der Waals surface area (Å²) in [6.45, 7) is 6.27. The maximum absolute atomic E-state index is 11.9. The van der Waals surface area contributed by atoms with Gasteiger partial charge in [0.25, 0.3) is 5.56 Å². The Bertz CT molecular complexity index is 608. The van der Waals surface area contributed by atoms with Crippen molar-refractivity contribution in [2.24, 2.45) is 0 Å². The van der Waals surface area contributed by atoms with Gasteiger partial charge >= 0.3 is 0 Å². The minimum atomic E-state index is -0.253. The van der Waals surface area contributed by atoms with Gasteiger partial charge in [-0.15, -0.1) is 0 Å². The first kappa shape index (κ1) is 12.6. The molecular weight excluding hydrogens is 234 g/mol. The van der Waals surface area contributed by atoms with Gasteiger partial charge in [-0.3, -0.25) is 9.78 Å². The number of anilines is 1. The molecule has 18 heavy (non-hydrogen) atoms. The second-order valence-corrected chi connectivity index (χ2v) is 5.03. The lowest BCUT2D eigenvalue weighted by Crippen LogP contribution is -2.24. The average Bonchev–Trinajstić information content (AvgIpc) is 2.70. The molecule has 7 nitrogen and oxygen atoms in total. The molecule has 0 unspecified atom stereocenters. The maximum Gasteiger partial charge on any atom is 0.263 e. The molecule has 0 amide bonds. The van der Waals surface area contributed by atoms with E-state index in [4.69, 9.17) is 5.11 Å². The van der Waals surface area contributed by atoms with Crippen LogP contribution in [0.4, 0.5) is 5.95 Å². The Morgan fingerprint density at radius 2 is 2.22 bits per heavy atom. The lowest BCUT2D eigenvalue weighted by Gasteiger charge is -2.19. The normalized spacial score (nSPS) is 12.0. The topological polar surface area (TPSA) is 95.8 Å². The van der Waals surface area contributed by atoms with E-state index in [1.165, 1.54) is 6.20 Å². The van der Waals surface area contributed by atoms with E-state index >= 15 is 0 Å². The molecule has 0 aromatic carbocycles. The van der Waals surface area contributed by atoms with Crippen molar-refractivity contribution in [1.82, 2.24) is 19.7 Å². The molecule has 2 aromatic heterocycles. The predicted molar refractivity (Wildman–Crippen MR) is 68.7 cm³/mol. The second kappa shape index (κ2) is 4.41. The summed E-state index contributed by atoms with van der Waals surface area (Å²) in [7, 11) is 0. The molecule has 2 aromatic rings. The molecule has 0 aliphatic heterocycles. The molecule has 0 fully saturated rings. The zero-order valence-electron chi connectivity index (χ0n) is 10.7. The van der Waals surface area contributed by atoms with Crippen LogP contribution in [0.1, 0.15) is 20.8 Å². The largest absolute Gasteiger partial charge is 0.395 e. The zero-order valence-corrected chi connectivity index (χ0v) is 10.7. The quantitative estimate of drug-likeness (QED) is 0.728. The molecule has 0 saturated heterocycles. The first-order valence-corrected chi connectivity index (χ1v) is 5.77.